The number of hydrogen-bond donors (Lipinski definition) is 1. The van der Waals surface area contributed by atoms with E-state index in [0.29, 0.717) is 28.9 Å². The van der Waals surface area contributed by atoms with Gasteiger partial charge in [-0.1, -0.05) is 12.1 Å². The van der Waals surface area contributed by atoms with Crippen molar-refractivity contribution in [1.82, 2.24) is 4.98 Å². The van der Waals surface area contributed by atoms with Crippen LogP contribution in [0, 0.1) is 11.7 Å². The number of Topliss-reactive ketones (excluding diaryl/α,β-unsaturated/α-hetero) is 1. The summed E-state index contributed by atoms with van der Waals surface area (Å²) in [6.07, 6.45) is -1.74. The maximum atomic E-state index is 13.5. The highest BCUT2D eigenvalue weighted by Gasteiger charge is 2.31. The van der Waals surface area contributed by atoms with E-state index in [9.17, 15) is 27.2 Å². The van der Waals surface area contributed by atoms with Crippen molar-refractivity contribution >= 4 is 17.5 Å². The summed E-state index contributed by atoms with van der Waals surface area (Å²) in [5.74, 6) is -0.0511. The van der Waals surface area contributed by atoms with Crippen LogP contribution in [0.4, 0.5) is 23.4 Å². The number of benzene rings is 2. The molecule has 0 saturated heterocycles. The lowest BCUT2D eigenvalue weighted by Gasteiger charge is -2.10. The average molecular weight is 472 g/mol. The molecule has 1 N–H and O–H groups in total. The zero-order valence-corrected chi connectivity index (χ0v) is 17.9. The topological polar surface area (TPSA) is 68.3 Å². The summed E-state index contributed by atoms with van der Waals surface area (Å²) < 4.78 is 57.9. The Bertz CT molecular complexity index is 1210. The van der Waals surface area contributed by atoms with Gasteiger partial charge in [0.2, 0.25) is 5.91 Å². The molecular weight excluding hydrogens is 452 g/mol. The second-order valence-electron chi connectivity index (χ2n) is 8.12. The number of carbonyl (C=O) groups excluding carboxylic acids is 2. The number of alkyl halides is 3. The van der Waals surface area contributed by atoms with Crippen LogP contribution in [0.2, 0.25) is 0 Å². The van der Waals surface area contributed by atoms with Gasteiger partial charge in [0.25, 0.3) is 0 Å². The highest BCUT2D eigenvalue weighted by atomic mass is 19.4. The number of aromatic nitrogens is 1. The number of anilines is 1. The molecule has 0 atom stereocenters. The lowest BCUT2D eigenvalue weighted by atomic mass is 10.0. The minimum absolute atomic E-state index is 0.0231. The van der Waals surface area contributed by atoms with Crippen LogP contribution in [0.5, 0.6) is 11.5 Å². The number of amides is 1. The molecule has 0 unspecified atom stereocenters. The van der Waals surface area contributed by atoms with Crippen LogP contribution < -0.4 is 10.1 Å². The highest BCUT2D eigenvalue weighted by molar-refractivity contribution is 5.93. The standard InChI is InChI=1S/C25H20F4N2O3/c26-19-10-16(9-18(13-19)25(27,28)29)12-20(32)11-15-1-5-21(6-2-15)34-22-7-8-30-23(14-22)31-24(33)17-3-4-17/h1-2,5-10,13-14,17H,3-4,11-12H2,(H,30,31,33). The number of pyridine rings is 1. The fourth-order valence-electron chi connectivity index (χ4n) is 3.36. The molecule has 1 aliphatic rings. The van der Waals surface area contributed by atoms with Gasteiger partial charge in [-0.05, 0) is 60.4 Å². The van der Waals surface area contributed by atoms with Gasteiger partial charge in [-0.3, -0.25) is 9.59 Å². The fourth-order valence-corrected chi connectivity index (χ4v) is 3.36. The van der Waals surface area contributed by atoms with Crippen molar-refractivity contribution < 1.29 is 31.9 Å². The molecule has 9 heteroatoms. The zero-order valence-electron chi connectivity index (χ0n) is 17.9. The molecule has 2 aromatic carbocycles. The molecule has 1 fully saturated rings. The van der Waals surface area contributed by atoms with Gasteiger partial charge in [0.05, 0.1) is 5.56 Å². The van der Waals surface area contributed by atoms with Crippen molar-refractivity contribution in [1.29, 1.82) is 0 Å². The molecule has 1 aromatic heterocycles. The molecule has 1 heterocycles. The summed E-state index contributed by atoms with van der Waals surface area (Å²) in [6.45, 7) is 0. The Labute approximate surface area is 192 Å². The summed E-state index contributed by atoms with van der Waals surface area (Å²) in [5.41, 5.74) is -0.514. The molecule has 34 heavy (non-hydrogen) atoms. The maximum Gasteiger partial charge on any atom is 0.416 e. The van der Waals surface area contributed by atoms with E-state index in [0.717, 1.165) is 25.0 Å². The third kappa shape index (κ3) is 6.40. The molecule has 1 amide bonds. The summed E-state index contributed by atoms with van der Waals surface area (Å²) in [6, 6.07) is 12.0. The summed E-state index contributed by atoms with van der Waals surface area (Å²) >= 11 is 0. The first-order valence-electron chi connectivity index (χ1n) is 10.6. The summed E-state index contributed by atoms with van der Waals surface area (Å²) in [7, 11) is 0. The van der Waals surface area contributed by atoms with E-state index in [-0.39, 0.29) is 36.0 Å². The molecule has 0 aliphatic heterocycles. The van der Waals surface area contributed by atoms with Gasteiger partial charge in [-0.25, -0.2) is 9.37 Å². The van der Waals surface area contributed by atoms with Crippen molar-refractivity contribution in [3.05, 3.63) is 83.3 Å². The largest absolute Gasteiger partial charge is 0.457 e. The normalized spacial score (nSPS) is 13.4. The Hall–Kier alpha value is -3.75. The number of nitrogens with zero attached hydrogens (tertiary/aromatic N) is 1. The molecular formula is C25H20F4N2O3. The third-order valence-corrected chi connectivity index (χ3v) is 5.18. The van der Waals surface area contributed by atoms with Gasteiger partial charge >= 0.3 is 6.18 Å². The summed E-state index contributed by atoms with van der Waals surface area (Å²) in [4.78, 5) is 28.3. The average Bonchev–Trinajstić information content (AvgIpc) is 3.60. The van der Waals surface area contributed by atoms with E-state index in [1.54, 1.807) is 36.4 Å². The van der Waals surface area contributed by atoms with Crippen molar-refractivity contribution in [2.45, 2.75) is 31.9 Å². The van der Waals surface area contributed by atoms with Gasteiger partial charge in [0, 0.05) is 31.0 Å². The van der Waals surface area contributed by atoms with Crippen LogP contribution in [0.15, 0.2) is 60.8 Å². The first-order valence-corrected chi connectivity index (χ1v) is 10.6. The van der Waals surface area contributed by atoms with Gasteiger partial charge in [0.1, 0.15) is 28.9 Å². The summed E-state index contributed by atoms with van der Waals surface area (Å²) in [5, 5.41) is 2.74. The van der Waals surface area contributed by atoms with E-state index in [2.05, 4.69) is 10.3 Å². The highest BCUT2D eigenvalue weighted by Crippen LogP contribution is 2.31. The number of hydrogen-bond acceptors (Lipinski definition) is 4. The fraction of sp³-hybridized carbons (Fsp3) is 0.240. The monoisotopic (exact) mass is 472 g/mol. The van der Waals surface area contributed by atoms with Crippen molar-refractivity contribution in [2.24, 2.45) is 5.92 Å². The van der Waals surface area contributed by atoms with Crippen LogP contribution in [0.25, 0.3) is 0 Å². The van der Waals surface area contributed by atoms with E-state index in [1.807, 2.05) is 0 Å². The number of ketones is 1. The van der Waals surface area contributed by atoms with Gasteiger partial charge < -0.3 is 10.1 Å². The van der Waals surface area contributed by atoms with Gasteiger partial charge in [-0.2, -0.15) is 13.2 Å². The molecule has 1 aliphatic carbocycles. The van der Waals surface area contributed by atoms with E-state index < -0.39 is 17.6 Å². The minimum Gasteiger partial charge on any atom is -0.457 e. The molecule has 5 nitrogen and oxygen atoms in total. The van der Waals surface area contributed by atoms with Crippen molar-refractivity contribution in [3.8, 4) is 11.5 Å². The lowest BCUT2D eigenvalue weighted by molar-refractivity contribution is -0.138. The molecule has 4 rings (SSSR count). The molecule has 176 valence electrons. The number of halogens is 4. The molecule has 1 saturated carbocycles. The Morgan fingerprint density at radius 2 is 1.65 bits per heavy atom. The predicted molar refractivity (Wildman–Crippen MR) is 116 cm³/mol. The lowest BCUT2D eigenvalue weighted by Crippen LogP contribution is -2.14. The Morgan fingerprint density at radius 3 is 2.32 bits per heavy atom. The third-order valence-electron chi connectivity index (χ3n) is 5.18. The van der Waals surface area contributed by atoms with E-state index in [1.165, 1.54) is 6.20 Å². The zero-order chi connectivity index (χ0) is 24.3. The van der Waals surface area contributed by atoms with Crippen LogP contribution in [0.1, 0.15) is 29.5 Å². The number of carbonyl (C=O) groups is 2. The van der Waals surface area contributed by atoms with Crippen LogP contribution in [-0.2, 0) is 28.6 Å². The molecule has 3 aromatic rings. The second kappa shape index (κ2) is 9.62. The van der Waals surface area contributed by atoms with Crippen LogP contribution >= 0.6 is 0 Å². The first-order chi connectivity index (χ1) is 16.2. The second-order valence-corrected chi connectivity index (χ2v) is 8.12. The van der Waals surface area contributed by atoms with Crippen molar-refractivity contribution in [2.75, 3.05) is 5.32 Å². The van der Waals surface area contributed by atoms with Crippen LogP contribution in [0.3, 0.4) is 0 Å². The van der Waals surface area contributed by atoms with Crippen LogP contribution in [-0.4, -0.2) is 16.7 Å². The van der Waals surface area contributed by atoms with Crippen molar-refractivity contribution in [3.63, 3.8) is 0 Å². The maximum absolute atomic E-state index is 13.5. The minimum atomic E-state index is -4.69. The van der Waals surface area contributed by atoms with E-state index in [4.69, 9.17) is 4.74 Å². The SMILES string of the molecule is O=C(Cc1ccc(Oc2ccnc(NC(=O)C3CC3)c2)cc1)Cc1cc(F)cc(C(F)(F)F)c1. The Morgan fingerprint density at radius 1 is 0.941 bits per heavy atom. The smallest absolute Gasteiger partial charge is 0.416 e. The number of rotatable bonds is 8. The Balaban J connectivity index is 1.35. The molecule has 0 spiro atoms. The Kier molecular flexibility index (Phi) is 6.63. The van der Waals surface area contributed by atoms with Gasteiger partial charge in [-0.15, -0.1) is 0 Å². The number of nitrogens with one attached hydrogen (secondary N) is 1. The molecule has 0 bridgehead atoms. The first kappa shape index (κ1) is 23.4. The predicted octanol–water partition coefficient (Wildman–Crippen LogP) is 5.73. The number of ether oxygens (including phenoxy) is 1. The van der Waals surface area contributed by atoms with Gasteiger partial charge in [0.15, 0.2) is 0 Å². The van der Waals surface area contributed by atoms with E-state index >= 15 is 0 Å². The quantitative estimate of drug-likeness (QED) is 0.425. The molecule has 0 radical (unpaired) electrons.